The molecule has 0 amide bonds. The van der Waals surface area contributed by atoms with Crippen LogP contribution in [0.25, 0.3) is 10.9 Å². The highest BCUT2D eigenvalue weighted by Gasteiger charge is 2.14. The molecule has 3 nitrogen and oxygen atoms in total. The van der Waals surface area contributed by atoms with Crippen LogP contribution in [0.3, 0.4) is 0 Å². The molecular formula is C13H14FNO2. The topological polar surface area (TPSA) is 42.1 Å². The summed E-state index contributed by atoms with van der Waals surface area (Å²) < 4.78 is 18.5. The molecule has 1 aromatic heterocycles. The molecular weight excluding hydrogens is 221 g/mol. The summed E-state index contributed by atoms with van der Waals surface area (Å²) in [6, 6.07) is 3.28. The van der Waals surface area contributed by atoms with Crippen LogP contribution in [0.2, 0.25) is 0 Å². The zero-order valence-corrected chi connectivity index (χ0v) is 9.79. The van der Waals surface area contributed by atoms with Crippen molar-refractivity contribution < 1.29 is 13.9 Å². The first-order chi connectivity index (χ1) is 8.17. The Kier molecular flexibility index (Phi) is 3.13. The number of fused-ring (bicyclic) bond motifs is 1. The summed E-state index contributed by atoms with van der Waals surface area (Å²) in [4.78, 5) is 13.3. The number of ether oxygens (including phenoxy) is 1. The van der Waals surface area contributed by atoms with Crippen molar-refractivity contribution in [1.29, 1.82) is 0 Å². The Morgan fingerprint density at radius 2 is 2.29 bits per heavy atom. The number of benzene rings is 1. The van der Waals surface area contributed by atoms with Gasteiger partial charge in [0.25, 0.3) is 6.47 Å². The number of hydrogen-bond acceptors (Lipinski definition) is 2. The van der Waals surface area contributed by atoms with Crippen molar-refractivity contribution in [2.24, 2.45) is 0 Å². The Labute approximate surface area is 98.6 Å². The second-order valence-corrected chi connectivity index (χ2v) is 3.96. The Bertz CT molecular complexity index is 548. The molecule has 0 radical (unpaired) electrons. The highest BCUT2D eigenvalue weighted by Crippen LogP contribution is 2.28. The van der Waals surface area contributed by atoms with Gasteiger partial charge in [0.05, 0.1) is 0 Å². The van der Waals surface area contributed by atoms with E-state index in [2.05, 4.69) is 4.98 Å². The van der Waals surface area contributed by atoms with Gasteiger partial charge in [0, 0.05) is 22.7 Å². The third kappa shape index (κ3) is 2.02. The number of rotatable bonds is 4. The Balaban J connectivity index is 2.55. The normalized spacial score (nSPS) is 12.6. The molecule has 0 saturated heterocycles. The molecule has 1 heterocycles. The highest BCUT2D eigenvalue weighted by atomic mass is 19.1. The summed E-state index contributed by atoms with van der Waals surface area (Å²) in [6.07, 6.45) is 2.05. The van der Waals surface area contributed by atoms with E-state index >= 15 is 0 Å². The van der Waals surface area contributed by atoms with Crippen molar-refractivity contribution in [3.8, 4) is 0 Å². The van der Waals surface area contributed by atoms with Crippen LogP contribution in [0.1, 0.15) is 31.1 Å². The van der Waals surface area contributed by atoms with Crippen LogP contribution in [0.4, 0.5) is 4.39 Å². The van der Waals surface area contributed by atoms with Crippen LogP contribution < -0.4 is 0 Å². The van der Waals surface area contributed by atoms with E-state index in [9.17, 15) is 9.18 Å². The van der Waals surface area contributed by atoms with Crippen LogP contribution >= 0.6 is 0 Å². The van der Waals surface area contributed by atoms with Gasteiger partial charge in [-0.1, -0.05) is 6.92 Å². The number of aromatic amines is 1. The smallest absolute Gasteiger partial charge is 0.293 e. The Morgan fingerprint density at radius 1 is 1.53 bits per heavy atom. The van der Waals surface area contributed by atoms with Crippen molar-refractivity contribution in [2.75, 3.05) is 0 Å². The lowest BCUT2D eigenvalue weighted by Crippen LogP contribution is -1.97. The van der Waals surface area contributed by atoms with Gasteiger partial charge in [0.15, 0.2) is 0 Å². The first-order valence-electron chi connectivity index (χ1n) is 5.55. The fraction of sp³-hybridized carbons (Fsp3) is 0.308. The van der Waals surface area contributed by atoms with Crippen LogP contribution in [-0.2, 0) is 16.0 Å². The molecule has 1 atom stereocenters. The number of nitrogens with one attached hydrogen (secondary N) is 1. The molecule has 4 heteroatoms. The summed E-state index contributed by atoms with van der Waals surface area (Å²) in [5.74, 6) is -0.211. The van der Waals surface area contributed by atoms with E-state index in [-0.39, 0.29) is 11.9 Å². The number of carbonyl (C=O) groups excluding carboxylic acids is 1. The zero-order valence-electron chi connectivity index (χ0n) is 9.79. The maximum absolute atomic E-state index is 13.6. The minimum absolute atomic E-state index is 0.211. The highest BCUT2D eigenvalue weighted by molar-refractivity contribution is 5.84. The van der Waals surface area contributed by atoms with Gasteiger partial charge in [-0.25, -0.2) is 4.39 Å². The van der Waals surface area contributed by atoms with Crippen molar-refractivity contribution >= 4 is 17.4 Å². The van der Waals surface area contributed by atoms with E-state index in [0.29, 0.717) is 18.5 Å². The summed E-state index contributed by atoms with van der Waals surface area (Å²) in [5.41, 5.74) is 2.24. The predicted octanol–water partition coefficient (Wildman–Crippen LogP) is 3.10. The van der Waals surface area contributed by atoms with Crippen molar-refractivity contribution in [3.05, 3.63) is 35.3 Å². The molecule has 2 aromatic rings. The van der Waals surface area contributed by atoms with Gasteiger partial charge in [0.1, 0.15) is 11.9 Å². The van der Waals surface area contributed by atoms with Crippen molar-refractivity contribution in [3.63, 3.8) is 0 Å². The minimum Gasteiger partial charge on any atom is -0.460 e. The molecule has 1 unspecified atom stereocenters. The van der Waals surface area contributed by atoms with E-state index < -0.39 is 0 Å². The second kappa shape index (κ2) is 4.57. The number of halogens is 1. The molecule has 2 rings (SSSR count). The van der Waals surface area contributed by atoms with E-state index in [1.807, 2.05) is 6.92 Å². The average Bonchev–Trinajstić information content (AvgIpc) is 2.70. The van der Waals surface area contributed by atoms with Crippen LogP contribution in [0, 0.1) is 5.82 Å². The largest absolute Gasteiger partial charge is 0.460 e. The average molecular weight is 235 g/mol. The number of aryl methyl sites for hydroxylation is 1. The molecule has 1 aromatic carbocycles. The maximum atomic E-state index is 13.6. The van der Waals surface area contributed by atoms with E-state index in [4.69, 9.17) is 4.74 Å². The van der Waals surface area contributed by atoms with E-state index in [1.165, 1.54) is 6.07 Å². The number of carbonyl (C=O) groups is 1. The van der Waals surface area contributed by atoms with Crippen LogP contribution in [0.5, 0.6) is 0 Å². The SMILES string of the molecule is CCc1cc2c(C(C)OC=O)c[nH]c2cc1F. The fourth-order valence-electron chi connectivity index (χ4n) is 1.97. The molecule has 90 valence electrons. The molecule has 0 saturated carbocycles. The molecule has 17 heavy (non-hydrogen) atoms. The third-order valence-electron chi connectivity index (χ3n) is 2.96. The van der Waals surface area contributed by atoms with Crippen LogP contribution in [0.15, 0.2) is 18.3 Å². The molecule has 1 N–H and O–H groups in total. The lowest BCUT2D eigenvalue weighted by molar-refractivity contribution is -0.133. The predicted molar refractivity (Wildman–Crippen MR) is 63.2 cm³/mol. The summed E-state index contributed by atoms with van der Waals surface area (Å²) in [7, 11) is 0. The lowest BCUT2D eigenvalue weighted by Gasteiger charge is -2.08. The molecule has 0 fully saturated rings. The van der Waals surface area contributed by atoms with Gasteiger partial charge in [0.2, 0.25) is 0 Å². The first kappa shape index (κ1) is 11.6. The van der Waals surface area contributed by atoms with Gasteiger partial charge in [-0.3, -0.25) is 4.79 Å². The fourth-order valence-corrected chi connectivity index (χ4v) is 1.97. The Hall–Kier alpha value is -1.84. The van der Waals surface area contributed by atoms with Gasteiger partial charge in [-0.15, -0.1) is 0 Å². The number of aromatic nitrogens is 1. The van der Waals surface area contributed by atoms with Crippen LogP contribution in [-0.4, -0.2) is 11.5 Å². The molecule has 0 aliphatic carbocycles. The molecule has 0 aliphatic heterocycles. The van der Waals surface area contributed by atoms with Gasteiger partial charge in [-0.2, -0.15) is 0 Å². The monoisotopic (exact) mass is 235 g/mol. The minimum atomic E-state index is -0.337. The van der Waals surface area contributed by atoms with Gasteiger partial charge < -0.3 is 9.72 Å². The molecule has 0 spiro atoms. The molecule has 0 aliphatic rings. The summed E-state index contributed by atoms with van der Waals surface area (Å²) in [6.45, 7) is 4.11. The number of H-pyrrole nitrogens is 1. The first-order valence-corrected chi connectivity index (χ1v) is 5.55. The van der Waals surface area contributed by atoms with E-state index in [0.717, 1.165) is 16.5 Å². The maximum Gasteiger partial charge on any atom is 0.293 e. The Morgan fingerprint density at radius 3 is 2.94 bits per heavy atom. The zero-order chi connectivity index (χ0) is 12.4. The molecule has 0 bridgehead atoms. The quantitative estimate of drug-likeness (QED) is 0.827. The van der Waals surface area contributed by atoms with Crippen molar-refractivity contribution in [2.45, 2.75) is 26.4 Å². The number of hydrogen-bond donors (Lipinski definition) is 1. The van der Waals surface area contributed by atoms with Gasteiger partial charge in [-0.05, 0) is 31.0 Å². The van der Waals surface area contributed by atoms with E-state index in [1.54, 1.807) is 19.2 Å². The van der Waals surface area contributed by atoms with Crippen molar-refractivity contribution in [1.82, 2.24) is 4.98 Å². The third-order valence-corrected chi connectivity index (χ3v) is 2.96. The standard InChI is InChI=1S/C13H14FNO2/c1-3-9-4-10-11(8(2)17-7-16)6-15-13(10)5-12(9)14/h4-8,15H,3H2,1-2H3. The van der Waals surface area contributed by atoms with Gasteiger partial charge >= 0.3 is 0 Å². The summed E-state index contributed by atoms with van der Waals surface area (Å²) >= 11 is 0. The summed E-state index contributed by atoms with van der Waals surface area (Å²) in [5, 5.41) is 0.901. The second-order valence-electron chi connectivity index (χ2n) is 3.96. The lowest BCUT2D eigenvalue weighted by atomic mass is 10.0.